The number of benzene rings is 2. The van der Waals surface area contributed by atoms with Crippen LogP contribution in [0.1, 0.15) is 157 Å². The largest absolute Gasteiger partial charge is 0.481 e. The van der Waals surface area contributed by atoms with Gasteiger partial charge < -0.3 is 62.3 Å². The summed E-state index contributed by atoms with van der Waals surface area (Å²) in [5.41, 5.74) is 3.98. The number of carboxylic acids is 7. The minimum atomic E-state index is -1.30. The van der Waals surface area contributed by atoms with E-state index in [9.17, 15) is 88.2 Å². The third-order valence-electron chi connectivity index (χ3n) is 16.7. The summed E-state index contributed by atoms with van der Waals surface area (Å²) in [5.74, 6) is -9.71. The van der Waals surface area contributed by atoms with Crippen molar-refractivity contribution < 1.29 is 103 Å². The molecule has 30 nitrogen and oxygen atoms in total. The average molecular weight is 1430 g/mol. The summed E-state index contributed by atoms with van der Waals surface area (Å²) in [7, 11) is 0. The molecule has 0 spiro atoms. The van der Waals surface area contributed by atoms with Crippen LogP contribution in [0.5, 0.6) is 0 Å². The average Bonchev–Trinajstić information content (AvgIpc) is 0.854. The van der Waals surface area contributed by atoms with Crippen LogP contribution in [0.2, 0.25) is 0 Å². The van der Waals surface area contributed by atoms with Gasteiger partial charge in [0.1, 0.15) is 23.7 Å². The molecule has 4 atom stereocenters. The highest BCUT2D eigenvalue weighted by atomic mass is 32.1. The van der Waals surface area contributed by atoms with Crippen molar-refractivity contribution in [2.75, 3.05) is 91.6 Å². The molecule has 3 rings (SSSR count). The van der Waals surface area contributed by atoms with Crippen LogP contribution in [-0.4, -0.2) is 247 Å². The number of nitrogens with zero attached hydrogens (tertiary/aromatic N) is 4. The third kappa shape index (κ3) is 43.0. The molecular weight excluding hydrogens is 1320 g/mol. The molecule has 1 saturated heterocycles. The zero-order valence-corrected chi connectivity index (χ0v) is 58.2. The summed E-state index contributed by atoms with van der Waals surface area (Å²) in [5, 5.41) is 81.0. The van der Waals surface area contributed by atoms with Crippen molar-refractivity contribution in [2.24, 2.45) is 5.92 Å². The van der Waals surface area contributed by atoms with Gasteiger partial charge in [0.25, 0.3) is 0 Å². The van der Waals surface area contributed by atoms with Gasteiger partial charge in [-0.15, -0.1) is 0 Å². The number of thiocarbonyl (C=S) groups is 1. The number of Topliss-reactive ketones (excluding diaryl/α,β-unsaturated/α-hetero) is 2. The van der Waals surface area contributed by atoms with Gasteiger partial charge in [-0.3, -0.25) is 62.8 Å². The van der Waals surface area contributed by atoms with Crippen LogP contribution < -0.4 is 26.6 Å². The van der Waals surface area contributed by atoms with E-state index in [2.05, 4.69) is 26.6 Å². The molecule has 0 aromatic heterocycles. The van der Waals surface area contributed by atoms with Gasteiger partial charge >= 0.3 is 54.0 Å². The smallest absolute Gasteiger partial charge is 0.373 e. The standard InChI is InChI=1S/C68H103N9O19S.CO2/c1-48-21-23-49(24-22-48)14-12-19-58(80)69-31-11-9-18-56(66(92)93)72-65(91)52(42-55(79)17-7-5-3-2-4-6-16-54(78)29-30-57(67(94)95)73-68(96)71-33-13-20-60(81)82)15-8-10-32-70-59(97)41-51-27-25-50(26-28-51)40-53-43-76(46-63(87)88)37-36-74(44-61(83)84)34-35-75(45-62(85)86)38-39-77(53)47-64(89)90;2-1-3/h21-28,52-53,56-57H,2-20,29-47H2,1H3,(H,69,80)(H,70,97)(H,72,91)(H,81,82)(H,83,84)(H,85,86)(H,87,88)(H,89,90)(H,92,93)(H,94,95)(H2,71,73,96);/t52-,53?,56+,57+;/m1./s1. The molecule has 2 aromatic rings. The van der Waals surface area contributed by atoms with Gasteiger partial charge in [0, 0.05) is 122 Å². The van der Waals surface area contributed by atoms with Gasteiger partial charge in [-0.2, -0.15) is 9.59 Å². The van der Waals surface area contributed by atoms with E-state index in [0.717, 1.165) is 47.9 Å². The van der Waals surface area contributed by atoms with E-state index < -0.39 is 84.3 Å². The zero-order chi connectivity index (χ0) is 74.2. The molecule has 31 heteroatoms. The van der Waals surface area contributed by atoms with Crippen LogP contribution >= 0.6 is 12.2 Å². The van der Waals surface area contributed by atoms with Crippen LogP contribution in [0.3, 0.4) is 0 Å². The van der Waals surface area contributed by atoms with Gasteiger partial charge in [0.15, 0.2) is 0 Å². The Morgan fingerprint density at radius 2 is 0.970 bits per heavy atom. The van der Waals surface area contributed by atoms with Crippen molar-refractivity contribution in [1.82, 2.24) is 46.2 Å². The highest BCUT2D eigenvalue weighted by Gasteiger charge is 2.30. The van der Waals surface area contributed by atoms with Crippen molar-refractivity contribution >= 4 is 94.6 Å². The first-order valence-electron chi connectivity index (χ1n) is 34.2. The fourth-order valence-electron chi connectivity index (χ4n) is 11.3. The van der Waals surface area contributed by atoms with E-state index >= 15 is 0 Å². The molecule has 1 aliphatic heterocycles. The molecule has 100 heavy (non-hydrogen) atoms. The quantitative estimate of drug-likeness (QED) is 0.0328. The third-order valence-corrected chi connectivity index (χ3v) is 17.0. The molecule has 0 radical (unpaired) electrons. The number of nitrogens with one attached hydrogen (secondary N) is 5. The second kappa shape index (κ2) is 51.5. The highest BCUT2D eigenvalue weighted by molar-refractivity contribution is 7.80. The fourth-order valence-corrected chi connectivity index (χ4v) is 11.6. The number of rotatable bonds is 49. The number of ketones is 2. The number of carboxylic acid groups (broad SMARTS) is 7. The molecule has 1 unspecified atom stereocenters. The van der Waals surface area contributed by atoms with Gasteiger partial charge in [-0.25, -0.2) is 14.4 Å². The van der Waals surface area contributed by atoms with Crippen molar-refractivity contribution in [3.05, 3.63) is 70.8 Å². The Morgan fingerprint density at radius 3 is 1.54 bits per heavy atom. The van der Waals surface area contributed by atoms with E-state index in [4.69, 9.17) is 26.9 Å². The summed E-state index contributed by atoms with van der Waals surface area (Å²) in [6.45, 7) is 2.49. The van der Waals surface area contributed by atoms with Crippen LogP contribution in [-0.2, 0) is 81.6 Å². The molecule has 556 valence electrons. The van der Waals surface area contributed by atoms with Crippen molar-refractivity contribution in [3.63, 3.8) is 0 Å². The van der Waals surface area contributed by atoms with Crippen molar-refractivity contribution in [2.45, 2.75) is 179 Å². The number of hydrogen-bond acceptors (Lipinski definition) is 19. The monoisotopic (exact) mass is 1430 g/mol. The SMILES string of the molecule is Cc1ccc(CCCC(=O)NCCCC[C@H](NC(=O)[C@H](CCCCNC(=S)Cc2ccc(CC3CN(CC(=O)O)CCN(CC(=O)O)CCN(CC(=O)O)CCN3CC(=O)O)cc2)CC(=O)CCCCCCCCC(=O)CC[C@H](NC(=O)NCCCC(=O)O)C(=O)O)C(=O)O)cc1.O=C=O. The molecule has 1 heterocycles. The Morgan fingerprint density at radius 1 is 0.480 bits per heavy atom. The minimum absolute atomic E-state index is 0.0442. The highest BCUT2D eigenvalue weighted by Crippen LogP contribution is 2.20. The number of unbranched alkanes of at least 4 members (excludes halogenated alkanes) is 7. The summed E-state index contributed by atoms with van der Waals surface area (Å²) < 4.78 is 0. The number of amides is 4. The molecule has 12 N–H and O–H groups in total. The Labute approximate surface area is 588 Å². The second-order valence-electron chi connectivity index (χ2n) is 25.1. The second-order valence-corrected chi connectivity index (χ2v) is 25.6. The Kier molecular flexibility index (Phi) is 45.1. The van der Waals surface area contributed by atoms with Gasteiger partial charge in [-0.1, -0.05) is 98.4 Å². The molecule has 1 fully saturated rings. The molecule has 2 aromatic carbocycles. The normalized spacial score (nSPS) is 14.9. The molecule has 0 aliphatic carbocycles. The van der Waals surface area contributed by atoms with E-state index in [1.807, 2.05) is 55.5 Å². The van der Waals surface area contributed by atoms with Crippen molar-refractivity contribution in [1.29, 1.82) is 0 Å². The lowest BCUT2D eigenvalue weighted by Gasteiger charge is -2.37. The predicted molar refractivity (Wildman–Crippen MR) is 368 cm³/mol. The number of aryl methyl sites for hydroxylation is 2. The predicted octanol–water partition coefficient (Wildman–Crippen LogP) is 4.05. The van der Waals surface area contributed by atoms with Gasteiger partial charge in [0.05, 0.1) is 31.2 Å². The fraction of sp³-hybridized carbons (Fsp3) is 0.623. The maximum Gasteiger partial charge on any atom is 0.373 e. The Balaban J connectivity index is 0.0000111. The number of aliphatic carboxylic acids is 7. The lowest BCUT2D eigenvalue weighted by molar-refractivity contribution is -0.192. The first-order valence-corrected chi connectivity index (χ1v) is 34.6. The number of carbonyl (C=O) groups excluding carboxylic acids is 7. The van der Waals surface area contributed by atoms with Gasteiger partial charge in [0.2, 0.25) is 11.8 Å². The van der Waals surface area contributed by atoms with Crippen LogP contribution in [0.15, 0.2) is 48.5 Å². The summed E-state index contributed by atoms with van der Waals surface area (Å²) in [4.78, 5) is 171. The molecule has 0 saturated carbocycles. The molecular formula is C69H103N9O21S. The van der Waals surface area contributed by atoms with Crippen LogP contribution in [0.25, 0.3) is 0 Å². The number of urea groups is 1. The van der Waals surface area contributed by atoms with E-state index in [1.165, 1.54) is 0 Å². The number of carbonyl (C=O) groups is 12. The molecule has 1 aliphatic rings. The van der Waals surface area contributed by atoms with Crippen LogP contribution in [0.4, 0.5) is 4.79 Å². The summed E-state index contributed by atoms with van der Waals surface area (Å²) >= 11 is 5.71. The topological polar surface area (TPSA) is 454 Å². The summed E-state index contributed by atoms with van der Waals surface area (Å²) in [6, 6.07) is 11.8. The van der Waals surface area contributed by atoms with E-state index in [0.29, 0.717) is 88.7 Å². The maximum absolute atomic E-state index is 13.9. The Hall–Kier alpha value is -8.61. The summed E-state index contributed by atoms with van der Waals surface area (Å²) in [6.07, 6.45) is 9.40. The molecule has 4 amide bonds. The Bertz CT molecular complexity index is 2950. The van der Waals surface area contributed by atoms with Crippen molar-refractivity contribution in [3.8, 4) is 0 Å². The van der Waals surface area contributed by atoms with Gasteiger partial charge in [-0.05, 0) is 101 Å². The first kappa shape index (κ1) is 87.5. The maximum atomic E-state index is 13.9. The minimum Gasteiger partial charge on any atom is -0.481 e. The first-order chi connectivity index (χ1) is 47.7. The molecule has 0 bridgehead atoms. The zero-order valence-electron chi connectivity index (χ0n) is 57.3. The van der Waals surface area contributed by atoms with E-state index in [-0.39, 0.29) is 153 Å². The lowest BCUT2D eigenvalue weighted by atomic mass is 9.92. The van der Waals surface area contributed by atoms with Crippen LogP contribution in [0, 0.1) is 12.8 Å². The van der Waals surface area contributed by atoms with E-state index in [1.54, 1.807) is 19.6 Å². The number of hydrogen-bond donors (Lipinski definition) is 12. The lowest BCUT2D eigenvalue weighted by Crippen LogP contribution is -2.53.